The quantitative estimate of drug-likeness (QED) is 0.476. The number of benzene rings is 2. The Morgan fingerprint density at radius 2 is 1.55 bits per heavy atom. The maximum Gasteiger partial charge on any atom is 0.0721 e. The van der Waals surface area contributed by atoms with Gasteiger partial charge in [0.2, 0.25) is 0 Å². The fourth-order valence-electron chi connectivity index (χ4n) is 5.16. The van der Waals surface area contributed by atoms with Gasteiger partial charge in [-0.15, -0.1) is 0 Å². The molecular weight excluding hydrogens is 356 g/mol. The second-order valence-electron chi connectivity index (χ2n) is 10.1. The third kappa shape index (κ3) is 3.15. The summed E-state index contributed by atoms with van der Waals surface area (Å²) in [5.74, 6) is 0. The van der Waals surface area contributed by atoms with Gasteiger partial charge in [0.1, 0.15) is 0 Å². The third-order valence-electron chi connectivity index (χ3n) is 6.16. The minimum absolute atomic E-state index is 0.0679. The molecule has 0 bridgehead atoms. The molecule has 29 heavy (non-hydrogen) atoms. The van der Waals surface area contributed by atoms with E-state index in [1.54, 1.807) is 0 Å². The number of fused-ring (bicyclic) bond motifs is 2. The van der Waals surface area contributed by atoms with Crippen molar-refractivity contribution in [3.05, 3.63) is 58.4 Å². The lowest BCUT2D eigenvalue weighted by Crippen LogP contribution is -2.22. The van der Waals surface area contributed by atoms with Crippen molar-refractivity contribution in [1.82, 2.24) is 20.0 Å². The van der Waals surface area contributed by atoms with Gasteiger partial charge >= 0.3 is 0 Å². The van der Waals surface area contributed by atoms with Gasteiger partial charge in [0.05, 0.1) is 22.9 Å². The molecule has 4 aromatic rings. The first kappa shape index (κ1) is 19.7. The van der Waals surface area contributed by atoms with Crippen LogP contribution in [0.1, 0.15) is 62.6 Å². The lowest BCUT2D eigenvalue weighted by molar-refractivity contribution is 0.514. The maximum atomic E-state index is 5.01. The van der Waals surface area contributed by atoms with Gasteiger partial charge in [-0.05, 0) is 53.0 Å². The Labute approximate surface area is 173 Å². The number of rotatable bonds is 3. The van der Waals surface area contributed by atoms with Crippen LogP contribution in [-0.4, -0.2) is 20.0 Å². The lowest BCUT2D eigenvalue weighted by atomic mass is 9.76. The Morgan fingerprint density at radius 3 is 2.24 bits per heavy atom. The molecule has 0 saturated heterocycles. The van der Waals surface area contributed by atoms with Crippen molar-refractivity contribution in [3.63, 3.8) is 0 Å². The predicted octanol–water partition coefficient (Wildman–Crippen LogP) is 5.88. The molecule has 0 aliphatic heterocycles. The molecule has 0 saturated carbocycles. The van der Waals surface area contributed by atoms with Crippen LogP contribution >= 0.6 is 0 Å². The second kappa shape index (κ2) is 6.45. The normalized spacial score (nSPS) is 13.0. The molecule has 2 aromatic carbocycles. The molecule has 4 rings (SSSR count). The Morgan fingerprint density at radius 1 is 0.897 bits per heavy atom. The van der Waals surface area contributed by atoms with Gasteiger partial charge in [0.25, 0.3) is 0 Å². The van der Waals surface area contributed by atoms with Crippen LogP contribution in [-0.2, 0) is 24.3 Å². The fourth-order valence-corrected chi connectivity index (χ4v) is 5.16. The van der Waals surface area contributed by atoms with E-state index in [0.29, 0.717) is 0 Å². The minimum atomic E-state index is -0.0679. The number of nitrogens with zero attached hydrogens (tertiary/aromatic N) is 3. The van der Waals surface area contributed by atoms with E-state index < -0.39 is 0 Å². The minimum Gasteiger partial charge on any atom is -0.278 e. The molecular formula is C25H32N4. The van der Waals surface area contributed by atoms with Crippen LogP contribution in [0.3, 0.4) is 0 Å². The number of aryl methyl sites for hydroxylation is 3. The molecule has 0 amide bonds. The van der Waals surface area contributed by atoms with E-state index in [2.05, 4.69) is 94.7 Å². The Kier molecular flexibility index (Phi) is 4.38. The number of aromatic amines is 1. The summed E-state index contributed by atoms with van der Waals surface area (Å²) in [5, 5.41) is 14.9. The number of H-pyrrole nitrogens is 1. The summed E-state index contributed by atoms with van der Waals surface area (Å²) < 4.78 is 2.08. The molecule has 0 aliphatic rings. The van der Waals surface area contributed by atoms with Gasteiger partial charge in [0.15, 0.2) is 0 Å². The highest BCUT2D eigenvalue weighted by atomic mass is 15.3. The van der Waals surface area contributed by atoms with E-state index in [0.717, 1.165) is 17.6 Å². The first-order valence-electron chi connectivity index (χ1n) is 10.4. The van der Waals surface area contributed by atoms with Crippen LogP contribution in [0.5, 0.6) is 0 Å². The summed E-state index contributed by atoms with van der Waals surface area (Å²) in [4.78, 5) is 0. The first-order valence-corrected chi connectivity index (χ1v) is 10.4. The summed E-state index contributed by atoms with van der Waals surface area (Å²) in [5.41, 5.74) is 8.90. The van der Waals surface area contributed by atoms with Crippen molar-refractivity contribution in [3.8, 4) is 0 Å². The Balaban J connectivity index is 1.88. The molecule has 152 valence electrons. The van der Waals surface area contributed by atoms with Gasteiger partial charge < -0.3 is 0 Å². The zero-order chi connectivity index (χ0) is 21.1. The summed E-state index contributed by atoms with van der Waals surface area (Å²) in [6.45, 7) is 15.9. The number of hydrogen-bond acceptors (Lipinski definition) is 2. The molecule has 0 unspecified atom stereocenters. The zero-order valence-corrected chi connectivity index (χ0v) is 18.9. The van der Waals surface area contributed by atoms with E-state index in [1.807, 2.05) is 6.20 Å². The van der Waals surface area contributed by atoms with E-state index in [-0.39, 0.29) is 10.8 Å². The van der Waals surface area contributed by atoms with Crippen molar-refractivity contribution in [2.75, 3.05) is 0 Å². The Hall–Kier alpha value is -2.62. The molecule has 0 aliphatic carbocycles. The average molecular weight is 389 g/mol. The monoisotopic (exact) mass is 388 g/mol. The van der Waals surface area contributed by atoms with Crippen molar-refractivity contribution < 1.29 is 0 Å². The summed E-state index contributed by atoms with van der Waals surface area (Å²) in [7, 11) is 2.08. The van der Waals surface area contributed by atoms with Gasteiger partial charge in [0, 0.05) is 24.2 Å². The number of nitrogens with one attached hydrogen (secondary N) is 1. The molecule has 0 spiro atoms. The van der Waals surface area contributed by atoms with Crippen LogP contribution in [0.25, 0.3) is 21.8 Å². The van der Waals surface area contributed by atoms with E-state index in [4.69, 9.17) is 5.10 Å². The molecule has 0 atom stereocenters. The lowest BCUT2D eigenvalue weighted by Gasteiger charge is -2.27. The van der Waals surface area contributed by atoms with Crippen molar-refractivity contribution in [2.45, 2.75) is 65.7 Å². The molecule has 0 radical (unpaired) electrons. The van der Waals surface area contributed by atoms with E-state index in [1.165, 1.54) is 38.5 Å². The molecule has 1 N–H and O–H groups in total. The summed E-state index contributed by atoms with van der Waals surface area (Å²) in [6, 6.07) is 8.81. The molecule has 4 nitrogen and oxygen atoms in total. The zero-order valence-electron chi connectivity index (χ0n) is 18.9. The Bertz CT molecular complexity index is 1220. The van der Waals surface area contributed by atoms with Crippen LogP contribution in [0.4, 0.5) is 0 Å². The van der Waals surface area contributed by atoms with Crippen LogP contribution in [0.2, 0.25) is 0 Å². The topological polar surface area (TPSA) is 46.5 Å². The fraction of sp³-hybridized carbons (Fsp3) is 0.440. The number of hydrogen-bond donors (Lipinski definition) is 1. The molecule has 4 heteroatoms. The van der Waals surface area contributed by atoms with E-state index >= 15 is 0 Å². The number of aromatic nitrogens is 4. The van der Waals surface area contributed by atoms with E-state index in [9.17, 15) is 0 Å². The largest absolute Gasteiger partial charge is 0.278 e. The standard InChI is InChI=1S/C25H32N4/c1-15-10-12-19-18(14-26-27-19)21(15)25(6,7)13-20-17-11-9-16(2)22(24(3,4)5)23(17)29(8)28-20/h9-12,14H,13H2,1-8H3,(H,26,27). The average Bonchev–Trinajstić information content (AvgIpc) is 3.18. The van der Waals surface area contributed by atoms with Crippen molar-refractivity contribution in [1.29, 1.82) is 0 Å². The van der Waals surface area contributed by atoms with Crippen LogP contribution in [0, 0.1) is 13.8 Å². The van der Waals surface area contributed by atoms with Gasteiger partial charge in [-0.25, -0.2) is 0 Å². The SMILES string of the molecule is Cc1ccc2[nH]ncc2c1C(C)(C)Cc1nn(C)c2c(C(C)(C)C)c(C)ccc12. The smallest absolute Gasteiger partial charge is 0.0721 e. The van der Waals surface area contributed by atoms with Gasteiger partial charge in [-0.3, -0.25) is 9.78 Å². The highest BCUT2D eigenvalue weighted by Gasteiger charge is 2.30. The molecule has 0 fully saturated rings. The summed E-state index contributed by atoms with van der Waals surface area (Å²) in [6.07, 6.45) is 2.83. The van der Waals surface area contributed by atoms with Crippen molar-refractivity contribution >= 4 is 21.8 Å². The highest BCUT2D eigenvalue weighted by Crippen LogP contribution is 2.38. The molecule has 2 aromatic heterocycles. The van der Waals surface area contributed by atoms with Crippen LogP contribution in [0.15, 0.2) is 30.5 Å². The maximum absolute atomic E-state index is 5.01. The van der Waals surface area contributed by atoms with Gasteiger partial charge in [-0.1, -0.05) is 52.8 Å². The molecule has 2 heterocycles. The second-order valence-corrected chi connectivity index (χ2v) is 10.1. The predicted molar refractivity (Wildman–Crippen MR) is 122 cm³/mol. The summed E-state index contributed by atoms with van der Waals surface area (Å²) >= 11 is 0. The van der Waals surface area contributed by atoms with Crippen LogP contribution < -0.4 is 0 Å². The third-order valence-corrected chi connectivity index (χ3v) is 6.16. The highest BCUT2D eigenvalue weighted by molar-refractivity contribution is 5.88. The van der Waals surface area contributed by atoms with Gasteiger partial charge in [-0.2, -0.15) is 10.2 Å². The first-order chi connectivity index (χ1) is 13.5. The van der Waals surface area contributed by atoms with Crippen molar-refractivity contribution in [2.24, 2.45) is 7.05 Å².